The van der Waals surface area contributed by atoms with Gasteiger partial charge in [-0.15, -0.1) is 0 Å². The lowest BCUT2D eigenvalue weighted by Gasteiger charge is -2.71. The van der Waals surface area contributed by atoms with Gasteiger partial charge in [-0.05, 0) is 127 Å². The van der Waals surface area contributed by atoms with Crippen molar-refractivity contribution in [2.45, 2.75) is 104 Å². The predicted octanol–water partition coefficient (Wildman–Crippen LogP) is 7.13. The third-order valence-electron chi connectivity index (χ3n) is 15.0. The molecule has 45 heavy (non-hydrogen) atoms. The summed E-state index contributed by atoms with van der Waals surface area (Å²) in [4.78, 5) is 38.9. The van der Waals surface area contributed by atoms with Crippen molar-refractivity contribution in [2.24, 2.45) is 45.8 Å². The topological polar surface area (TPSA) is 98.7 Å². The maximum Gasteiger partial charge on any atom is 0.335 e. The minimum atomic E-state index is -0.872. The molecule has 6 aliphatic rings. The molecule has 9 atom stereocenters. The molecule has 5 aliphatic carbocycles. The monoisotopic (exact) mass is 615 g/mol. The highest BCUT2D eigenvalue weighted by Crippen LogP contribution is 2.75. The smallest absolute Gasteiger partial charge is 0.335 e. The number of urea groups is 1. The highest BCUT2D eigenvalue weighted by molar-refractivity contribution is 5.88. The minimum absolute atomic E-state index is 0.0336. The normalized spacial score (nSPS) is 42.6. The molecule has 3 amide bonds. The van der Waals surface area contributed by atoms with Gasteiger partial charge in [-0.1, -0.05) is 52.3 Å². The second-order valence-electron chi connectivity index (χ2n) is 16.4. The Balaban J connectivity index is 1.13. The number of rotatable bonds is 3. The Morgan fingerprint density at radius 3 is 2.44 bits per heavy atom. The SMILES string of the molecule is CC1C(c2ccc(C(=O)O)cc2)=CCC2(C)C1CCC1(C)C2CCC2C3CCCC3(NC(=O)N3CCNC(=O)CC3)CC[C@]21C. The first kappa shape index (κ1) is 30.8. The van der Waals surface area contributed by atoms with Gasteiger partial charge in [0, 0.05) is 31.6 Å². The number of hydrogen-bond donors (Lipinski definition) is 3. The summed E-state index contributed by atoms with van der Waals surface area (Å²) in [6.07, 6.45) is 14.7. The van der Waals surface area contributed by atoms with Crippen molar-refractivity contribution >= 4 is 23.5 Å². The molecule has 8 unspecified atom stereocenters. The molecule has 5 fully saturated rings. The van der Waals surface area contributed by atoms with Crippen molar-refractivity contribution in [2.75, 3.05) is 19.6 Å². The summed E-state index contributed by atoms with van der Waals surface area (Å²) in [6.45, 7) is 11.9. The standard InChI is InChI=1S/C38H53N3O4/c1-24-27(25-7-9-26(10-8-25)33(43)44)13-17-35(2)28(24)14-18-37(4)31(35)12-11-29-30-6-5-16-38(30,20-19-36(29,37)3)40-34(45)41-22-15-32(42)39-21-23-41/h7-10,13,24,28-31H,5-6,11-12,14-23H2,1-4H3,(H,39,42)(H,40,45)(H,43,44)/t24?,28?,29?,30?,31?,35?,36-,37?,38?/m1/s1. The molecule has 1 heterocycles. The highest BCUT2D eigenvalue weighted by atomic mass is 16.4. The molecular weight excluding hydrogens is 562 g/mol. The van der Waals surface area contributed by atoms with Gasteiger partial charge in [-0.3, -0.25) is 4.79 Å². The second-order valence-corrected chi connectivity index (χ2v) is 16.4. The molecule has 4 saturated carbocycles. The molecule has 1 aromatic carbocycles. The van der Waals surface area contributed by atoms with Crippen LogP contribution in [0, 0.1) is 45.8 Å². The zero-order valence-electron chi connectivity index (χ0n) is 27.8. The zero-order chi connectivity index (χ0) is 31.8. The van der Waals surface area contributed by atoms with Crippen LogP contribution in [0.4, 0.5) is 4.79 Å². The van der Waals surface area contributed by atoms with Gasteiger partial charge in [0.2, 0.25) is 5.91 Å². The lowest BCUT2D eigenvalue weighted by molar-refractivity contribution is -0.210. The average Bonchev–Trinajstić information content (AvgIpc) is 3.30. The van der Waals surface area contributed by atoms with E-state index in [2.05, 4.69) is 44.4 Å². The van der Waals surface area contributed by atoms with Crippen LogP contribution in [0.2, 0.25) is 0 Å². The predicted molar refractivity (Wildman–Crippen MR) is 175 cm³/mol. The van der Waals surface area contributed by atoms with Crippen LogP contribution in [0.5, 0.6) is 0 Å². The van der Waals surface area contributed by atoms with E-state index in [1.165, 1.54) is 56.1 Å². The number of benzene rings is 1. The minimum Gasteiger partial charge on any atom is -0.478 e. The molecule has 3 N–H and O–H groups in total. The summed E-state index contributed by atoms with van der Waals surface area (Å²) in [6, 6.07) is 7.54. The summed E-state index contributed by atoms with van der Waals surface area (Å²) in [5, 5.41) is 15.9. The Morgan fingerprint density at radius 1 is 0.911 bits per heavy atom. The van der Waals surface area contributed by atoms with E-state index >= 15 is 0 Å². The summed E-state index contributed by atoms with van der Waals surface area (Å²) < 4.78 is 0. The van der Waals surface area contributed by atoms with Crippen molar-refractivity contribution in [3.05, 3.63) is 41.5 Å². The molecule has 7 rings (SSSR count). The largest absolute Gasteiger partial charge is 0.478 e. The van der Waals surface area contributed by atoms with Gasteiger partial charge in [-0.2, -0.15) is 0 Å². The Morgan fingerprint density at radius 2 is 1.69 bits per heavy atom. The van der Waals surface area contributed by atoms with Gasteiger partial charge in [0.05, 0.1) is 5.56 Å². The number of hydrogen-bond acceptors (Lipinski definition) is 3. The van der Waals surface area contributed by atoms with E-state index in [1.807, 2.05) is 17.0 Å². The van der Waals surface area contributed by atoms with E-state index in [9.17, 15) is 19.5 Å². The van der Waals surface area contributed by atoms with E-state index in [1.54, 1.807) is 12.1 Å². The number of fused-ring (bicyclic) bond motifs is 7. The molecule has 1 aliphatic heterocycles. The van der Waals surface area contributed by atoms with Crippen LogP contribution in [0.15, 0.2) is 30.3 Å². The lowest BCUT2D eigenvalue weighted by Crippen LogP contribution is -2.67. The molecule has 7 nitrogen and oxygen atoms in total. The fourth-order valence-electron chi connectivity index (χ4n) is 12.5. The summed E-state index contributed by atoms with van der Waals surface area (Å²) in [5.41, 5.74) is 3.58. The summed E-state index contributed by atoms with van der Waals surface area (Å²) >= 11 is 0. The molecule has 1 saturated heterocycles. The first-order valence-corrected chi connectivity index (χ1v) is 17.8. The highest BCUT2D eigenvalue weighted by Gasteiger charge is 2.68. The quantitative estimate of drug-likeness (QED) is 0.337. The molecular formula is C38H53N3O4. The third-order valence-corrected chi connectivity index (χ3v) is 15.0. The van der Waals surface area contributed by atoms with Crippen LogP contribution in [0.3, 0.4) is 0 Å². The maximum atomic E-state index is 13.6. The fraction of sp³-hybridized carbons (Fsp3) is 0.711. The Kier molecular flexibility index (Phi) is 7.44. The van der Waals surface area contributed by atoms with Crippen molar-refractivity contribution in [1.82, 2.24) is 15.5 Å². The van der Waals surface area contributed by atoms with Crippen molar-refractivity contribution in [1.29, 1.82) is 0 Å². The van der Waals surface area contributed by atoms with Crippen molar-refractivity contribution in [3.63, 3.8) is 0 Å². The van der Waals surface area contributed by atoms with Crippen LogP contribution in [0.25, 0.3) is 5.57 Å². The number of allylic oxidation sites excluding steroid dienone is 2. The third kappa shape index (κ3) is 4.60. The van der Waals surface area contributed by atoms with E-state index in [0.29, 0.717) is 61.2 Å². The number of nitrogens with zero attached hydrogens (tertiary/aromatic N) is 1. The van der Waals surface area contributed by atoms with Gasteiger partial charge >= 0.3 is 12.0 Å². The number of aromatic carboxylic acids is 1. The number of carboxylic acid groups (broad SMARTS) is 1. The van der Waals surface area contributed by atoms with Gasteiger partial charge in [0.1, 0.15) is 0 Å². The van der Waals surface area contributed by atoms with Gasteiger partial charge < -0.3 is 20.6 Å². The van der Waals surface area contributed by atoms with Crippen LogP contribution in [-0.2, 0) is 4.79 Å². The van der Waals surface area contributed by atoms with E-state index < -0.39 is 5.97 Å². The van der Waals surface area contributed by atoms with E-state index in [0.717, 1.165) is 19.3 Å². The first-order valence-electron chi connectivity index (χ1n) is 17.8. The van der Waals surface area contributed by atoms with Gasteiger partial charge in [0.25, 0.3) is 0 Å². The van der Waals surface area contributed by atoms with Crippen LogP contribution >= 0.6 is 0 Å². The Labute approximate surface area is 269 Å². The number of carboxylic acids is 1. The molecule has 7 heteroatoms. The van der Waals surface area contributed by atoms with Gasteiger partial charge in [0.15, 0.2) is 0 Å². The average molecular weight is 616 g/mol. The van der Waals surface area contributed by atoms with E-state index in [-0.39, 0.29) is 33.7 Å². The van der Waals surface area contributed by atoms with Crippen LogP contribution in [-0.4, -0.2) is 53.1 Å². The summed E-state index contributed by atoms with van der Waals surface area (Å²) in [5.74, 6) is 2.07. The fourth-order valence-corrected chi connectivity index (χ4v) is 12.5. The number of nitrogens with one attached hydrogen (secondary N) is 2. The molecule has 0 spiro atoms. The molecule has 0 bridgehead atoms. The molecule has 0 aromatic heterocycles. The first-order chi connectivity index (χ1) is 21.4. The molecule has 1 aromatic rings. The van der Waals surface area contributed by atoms with Crippen molar-refractivity contribution < 1.29 is 19.5 Å². The number of carbonyl (C=O) groups is 3. The Bertz CT molecular complexity index is 1410. The number of carbonyl (C=O) groups excluding carboxylic acids is 2. The molecule has 0 radical (unpaired) electrons. The van der Waals surface area contributed by atoms with E-state index in [4.69, 9.17) is 0 Å². The second kappa shape index (κ2) is 10.9. The summed E-state index contributed by atoms with van der Waals surface area (Å²) in [7, 11) is 0. The zero-order valence-corrected chi connectivity index (χ0v) is 27.8. The van der Waals surface area contributed by atoms with Gasteiger partial charge in [-0.25, -0.2) is 9.59 Å². The van der Waals surface area contributed by atoms with Crippen LogP contribution < -0.4 is 10.6 Å². The Hall–Kier alpha value is -2.83. The lowest BCUT2D eigenvalue weighted by atomic mass is 9.34. The molecule has 244 valence electrons. The maximum absolute atomic E-state index is 13.6. The van der Waals surface area contributed by atoms with Crippen LogP contribution in [0.1, 0.15) is 114 Å². The number of amides is 3. The van der Waals surface area contributed by atoms with Crippen molar-refractivity contribution in [3.8, 4) is 0 Å².